The molecule has 1 saturated heterocycles. The predicted octanol–water partition coefficient (Wildman–Crippen LogP) is 3.56. The zero-order valence-electron chi connectivity index (χ0n) is 15.8. The van der Waals surface area contributed by atoms with E-state index in [2.05, 4.69) is 12.1 Å². The van der Waals surface area contributed by atoms with Crippen LogP contribution < -0.4 is 10.4 Å². The van der Waals surface area contributed by atoms with Gasteiger partial charge in [0.25, 0.3) is 5.91 Å². The number of aryl methyl sites for hydroxylation is 4. The number of amides is 1. The van der Waals surface area contributed by atoms with E-state index < -0.39 is 5.63 Å². The minimum absolute atomic E-state index is 0.000427. The van der Waals surface area contributed by atoms with Crippen LogP contribution in [0.4, 0.5) is 0 Å². The van der Waals surface area contributed by atoms with Crippen molar-refractivity contribution in [1.29, 1.82) is 0 Å². The highest BCUT2D eigenvalue weighted by atomic mass is 16.5. The van der Waals surface area contributed by atoms with Crippen LogP contribution in [-0.4, -0.2) is 30.0 Å². The molecule has 1 amide bonds. The van der Waals surface area contributed by atoms with Crippen molar-refractivity contribution in [3.8, 4) is 5.75 Å². The molecule has 138 valence electrons. The number of likely N-dealkylation sites (tertiary alicyclic amines) is 1. The van der Waals surface area contributed by atoms with Gasteiger partial charge in [-0.1, -0.05) is 17.7 Å². The molecule has 2 heterocycles. The van der Waals surface area contributed by atoms with Crippen LogP contribution in [-0.2, 0) is 0 Å². The lowest BCUT2D eigenvalue weighted by atomic mass is 9.97. The Kier molecular flexibility index (Phi) is 5.16. The standard InChI is InChI=1S/C21H25NO4/c1-13-9-14(2)20(15(3)10-13)21(24)22-7-5-17(6-8-22)26-18-11-16(4)25-19(23)12-18/h9-12,17H,5-8H2,1-4H3. The summed E-state index contributed by atoms with van der Waals surface area (Å²) >= 11 is 0. The van der Waals surface area contributed by atoms with Crippen molar-refractivity contribution in [2.45, 2.75) is 46.6 Å². The van der Waals surface area contributed by atoms with E-state index in [9.17, 15) is 9.59 Å². The Balaban J connectivity index is 1.65. The largest absolute Gasteiger partial charge is 0.490 e. The molecular formula is C21H25NO4. The highest BCUT2D eigenvalue weighted by Gasteiger charge is 2.26. The number of rotatable bonds is 3. The van der Waals surface area contributed by atoms with Gasteiger partial charge in [-0.2, -0.15) is 0 Å². The van der Waals surface area contributed by atoms with Crippen molar-refractivity contribution in [3.63, 3.8) is 0 Å². The Bertz CT molecular complexity index is 853. The van der Waals surface area contributed by atoms with E-state index in [0.29, 0.717) is 24.6 Å². The van der Waals surface area contributed by atoms with Crippen LogP contribution in [0.3, 0.4) is 0 Å². The first-order valence-corrected chi connectivity index (χ1v) is 8.99. The predicted molar refractivity (Wildman–Crippen MR) is 99.9 cm³/mol. The Labute approximate surface area is 153 Å². The molecule has 0 spiro atoms. The van der Waals surface area contributed by atoms with Gasteiger partial charge in [0.15, 0.2) is 0 Å². The molecule has 1 aromatic carbocycles. The molecule has 0 bridgehead atoms. The van der Waals surface area contributed by atoms with E-state index >= 15 is 0 Å². The third-order valence-electron chi connectivity index (χ3n) is 4.79. The number of hydrogen-bond acceptors (Lipinski definition) is 4. The average molecular weight is 355 g/mol. The first-order chi connectivity index (χ1) is 12.3. The third-order valence-corrected chi connectivity index (χ3v) is 4.79. The van der Waals surface area contributed by atoms with E-state index in [1.54, 1.807) is 13.0 Å². The van der Waals surface area contributed by atoms with E-state index in [-0.39, 0.29) is 12.0 Å². The maximum Gasteiger partial charge on any atom is 0.339 e. The number of hydrogen-bond donors (Lipinski definition) is 0. The molecule has 0 aliphatic carbocycles. The monoisotopic (exact) mass is 355 g/mol. The summed E-state index contributed by atoms with van der Waals surface area (Å²) in [5.41, 5.74) is 3.63. The second-order valence-electron chi connectivity index (χ2n) is 7.11. The first kappa shape index (κ1) is 18.2. The lowest BCUT2D eigenvalue weighted by molar-refractivity contribution is 0.0593. The number of ether oxygens (including phenoxy) is 1. The normalized spacial score (nSPS) is 15.2. The maximum absolute atomic E-state index is 12.9. The summed E-state index contributed by atoms with van der Waals surface area (Å²) in [6, 6.07) is 7.19. The van der Waals surface area contributed by atoms with Gasteiger partial charge < -0.3 is 14.1 Å². The number of benzene rings is 1. The molecule has 3 rings (SSSR count). The third kappa shape index (κ3) is 3.98. The van der Waals surface area contributed by atoms with Crippen molar-refractivity contribution in [2.24, 2.45) is 0 Å². The van der Waals surface area contributed by atoms with E-state index in [4.69, 9.17) is 9.15 Å². The SMILES string of the molecule is Cc1cc(C)c(C(=O)N2CCC(Oc3cc(C)oc(=O)c3)CC2)c(C)c1. The summed E-state index contributed by atoms with van der Waals surface area (Å²) in [7, 11) is 0. The van der Waals surface area contributed by atoms with Crippen molar-refractivity contribution in [3.05, 3.63) is 62.7 Å². The molecule has 1 aromatic heterocycles. The number of piperidine rings is 1. The molecule has 5 nitrogen and oxygen atoms in total. The Morgan fingerprint density at radius 1 is 1.04 bits per heavy atom. The highest BCUT2D eigenvalue weighted by molar-refractivity contribution is 5.97. The summed E-state index contributed by atoms with van der Waals surface area (Å²) < 4.78 is 10.9. The molecular weight excluding hydrogens is 330 g/mol. The fraction of sp³-hybridized carbons (Fsp3) is 0.429. The van der Waals surface area contributed by atoms with E-state index in [1.165, 1.54) is 11.6 Å². The second kappa shape index (κ2) is 7.36. The van der Waals surface area contributed by atoms with Gasteiger partial charge in [-0.3, -0.25) is 4.79 Å². The molecule has 5 heteroatoms. The number of carbonyl (C=O) groups is 1. The summed E-state index contributed by atoms with van der Waals surface area (Å²) in [5, 5.41) is 0. The van der Waals surface area contributed by atoms with Crippen LogP contribution in [0.2, 0.25) is 0 Å². The van der Waals surface area contributed by atoms with Gasteiger partial charge in [-0.05, 0) is 38.8 Å². The van der Waals surface area contributed by atoms with Gasteiger partial charge in [0, 0.05) is 37.6 Å². The molecule has 0 unspecified atom stereocenters. The topological polar surface area (TPSA) is 59.8 Å². The smallest absolute Gasteiger partial charge is 0.339 e. The van der Waals surface area contributed by atoms with Gasteiger partial charge in [-0.15, -0.1) is 0 Å². The van der Waals surface area contributed by atoms with Gasteiger partial charge >= 0.3 is 5.63 Å². The van der Waals surface area contributed by atoms with E-state index in [0.717, 1.165) is 29.5 Å². The van der Waals surface area contributed by atoms with Gasteiger partial charge in [0.05, 0.1) is 6.07 Å². The van der Waals surface area contributed by atoms with Crippen LogP contribution in [0.1, 0.15) is 45.7 Å². The zero-order chi connectivity index (χ0) is 18.8. The lowest BCUT2D eigenvalue weighted by Crippen LogP contribution is -2.42. The fourth-order valence-electron chi connectivity index (χ4n) is 3.69. The highest BCUT2D eigenvalue weighted by Crippen LogP contribution is 2.23. The molecule has 0 N–H and O–H groups in total. The zero-order valence-corrected chi connectivity index (χ0v) is 15.8. The Morgan fingerprint density at radius 2 is 1.65 bits per heavy atom. The molecule has 26 heavy (non-hydrogen) atoms. The van der Waals surface area contributed by atoms with Crippen molar-refractivity contribution in [2.75, 3.05) is 13.1 Å². The van der Waals surface area contributed by atoms with Crippen LogP contribution in [0, 0.1) is 27.7 Å². The quantitative estimate of drug-likeness (QED) is 0.845. The molecule has 2 aromatic rings. The number of carbonyl (C=O) groups excluding carboxylic acids is 1. The molecule has 0 atom stereocenters. The minimum Gasteiger partial charge on any atom is -0.490 e. The van der Waals surface area contributed by atoms with Gasteiger partial charge in [0.1, 0.15) is 17.6 Å². The maximum atomic E-state index is 12.9. The van der Waals surface area contributed by atoms with Crippen LogP contribution >= 0.6 is 0 Å². The molecule has 1 aliphatic rings. The second-order valence-corrected chi connectivity index (χ2v) is 7.11. The Morgan fingerprint density at radius 3 is 2.23 bits per heavy atom. The first-order valence-electron chi connectivity index (χ1n) is 8.99. The average Bonchev–Trinajstić information content (AvgIpc) is 2.53. The van der Waals surface area contributed by atoms with Crippen LogP contribution in [0.5, 0.6) is 5.75 Å². The van der Waals surface area contributed by atoms with Gasteiger partial charge in [-0.25, -0.2) is 4.79 Å². The lowest BCUT2D eigenvalue weighted by Gasteiger charge is -2.33. The van der Waals surface area contributed by atoms with Crippen molar-refractivity contribution in [1.82, 2.24) is 4.90 Å². The summed E-state index contributed by atoms with van der Waals surface area (Å²) in [4.78, 5) is 26.3. The molecule has 0 radical (unpaired) electrons. The molecule has 1 fully saturated rings. The van der Waals surface area contributed by atoms with Crippen LogP contribution in [0.25, 0.3) is 0 Å². The summed E-state index contributed by atoms with van der Waals surface area (Å²) in [6.45, 7) is 9.05. The fourth-order valence-corrected chi connectivity index (χ4v) is 3.69. The summed E-state index contributed by atoms with van der Waals surface area (Å²) in [5.74, 6) is 1.16. The number of nitrogens with zero attached hydrogens (tertiary/aromatic N) is 1. The van der Waals surface area contributed by atoms with E-state index in [1.807, 2.05) is 25.7 Å². The molecule has 1 aliphatic heterocycles. The van der Waals surface area contributed by atoms with Crippen LogP contribution in [0.15, 0.2) is 33.5 Å². The van der Waals surface area contributed by atoms with Gasteiger partial charge in [0.2, 0.25) is 0 Å². The Hall–Kier alpha value is -2.56. The minimum atomic E-state index is -0.405. The molecule has 0 saturated carbocycles. The van der Waals surface area contributed by atoms with Crippen molar-refractivity contribution >= 4 is 5.91 Å². The van der Waals surface area contributed by atoms with Crippen molar-refractivity contribution < 1.29 is 13.9 Å². The summed E-state index contributed by atoms with van der Waals surface area (Å²) in [6.07, 6.45) is 1.49.